The summed E-state index contributed by atoms with van der Waals surface area (Å²) in [5, 5.41) is 4.01. The molecule has 7 heteroatoms. The summed E-state index contributed by atoms with van der Waals surface area (Å²) >= 11 is 1.25. The van der Waals surface area contributed by atoms with Crippen molar-refractivity contribution >= 4 is 37.3 Å². The Hall–Kier alpha value is -2.90. The number of hydrogen-bond acceptors (Lipinski definition) is 5. The van der Waals surface area contributed by atoms with Crippen LogP contribution in [0.3, 0.4) is 0 Å². The van der Waals surface area contributed by atoms with Crippen LogP contribution in [0, 0.1) is 0 Å². The van der Waals surface area contributed by atoms with Crippen LogP contribution in [0.1, 0.15) is 0 Å². The van der Waals surface area contributed by atoms with Gasteiger partial charge in [-0.05, 0) is 47.2 Å². The van der Waals surface area contributed by atoms with Crippen molar-refractivity contribution in [2.45, 2.75) is 4.90 Å². The molecule has 5 nitrogen and oxygen atoms in total. The van der Waals surface area contributed by atoms with E-state index in [2.05, 4.69) is 9.71 Å². The Morgan fingerprint density at radius 3 is 2.44 bits per heavy atom. The minimum Gasteiger partial charge on any atom is -0.497 e. The number of benzene rings is 3. The molecule has 0 saturated carbocycles. The third kappa shape index (κ3) is 3.65. The molecule has 0 aliphatic heterocycles. The van der Waals surface area contributed by atoms with Crippen molar-refractivity contribution in [3.05, 3.63) is 72.1 Å². The van der Waals surface area contributed by atoms with Crippen molar-refractivity contribution in [1.82, 2.24) is 4.98 Å². The number of aromatic nitrogens is 1. The predicted molar refractivity (Wildman–Crippen MR) is 109 cm³/mol. The Labute approximate surface area is 161 Å². The summed E-state index contributed by atoms with van der Waals surface area (Å²) in [5.41, 5.74) is 1.60. The first-order valence-corrected chi connectivity index (χ1v) is 10.5. The molecule has 27 heavy (non-hydrogen) atoms. The van der Waals surface area contributed by atoms with Gasteiger partial charge in [-0.25, -0.2) is 13.4 Å². The van der Waals surface area contributed by atoms with Crippen LogP contribution in [0.2, 0.25) is 0 Å². The smallest absolute Gasteiger partial charge is 0.263 e. The van der Waals surface area contributed by atoms with E-state index in [4.69, 9.17) is 4.74 Å². The van der Waals surface area contributed by atoms with Gasteiger partial charge in [-0.1, -0.05) is 30.3 Å². The number of ether oxygens (including phenoxy) is 1. The van der Waals surface area contributed by atoms with Crippen molar-refractivity contribution in [2.75, 3.05) is 11.8 Å². The quantitative estimate of drug-likeness (QED) is 0.527. The van der Waals surface area contributed by atoms with Crippen molar-refractivity contribution < 1.29 is 13.2 Å². The number of fused-ring (bicyclic) bond motifs is 1. The van der Waals surface area contributed by atoms with E-state index < -0.39 is 10.0 Å². The molecule has 1 heterocycles. The lowest BCUT2D eigenvalue weighted by atomic mass is 10.1. The Morgan fingerprint density at radius 2 is 1.70 bits per heavy atom. The number of thiazole rings is 1. The number of hydrogen-bond donors (Lipinski definition) is 1. The number of nitrogens with zero attached hydrogens (tertiary/aromatic N) is 1. The van der Waals surface area contributed by atoms with Gasteiger partial charge < -0.3 is 4.74 Å². The Bertz CT molecular complexity index is 1200. The lowest BCUT2D eigenvalue weighted by molar-refractivity contribution is 0.415. The average molecular weight is 396 g/mol. The molecule has 0 atom stereocenters. The standard InChI is InChI=1S/C20H16N2O3S2/c1-25-17-9-6-15(7-10-17)19-13-26-20(21-19)22-27(23,24)18-11-8-14-4-2-3-5-16(14)12-18/h2-13H,1H3,(H,21,22). The average Bonchev–Trinajstić information content (AvgIpc) is 3.15. The van der Waals surface area contributed by atoms with Crippen molar-refractivity contribution in [3.8, 4) is 17.0 Å². The number of rotatable bonds is 5. The van der Waals surface area contributed by atoms with Gasteiger partial charge in [0.05, 0.1) is 17.7 Å². The number of sulfonamides is 1. The molecule has 0 spiro atoms. The third-order valence-corrected chi connectivity index (χ3v) is 6.37. The van der Waals surface area contributed by atoms with E-state index >= 15 is 0 Å². The van der Waals surface area contributed by atoms with Gasteiger partial charge in [-0.3, -0.25) is 4.72 Å². The SMILES string of the molecule is COc1ccc(-c2csc(NS(=O)(=O)c3ccc4ccccc4c3)n2)cc1. The summed E-state index contributed by atoms with van der Waals surface area (Å²) in [6.45, 7) is 0. The molecule has 3 aromatic carbocycles. The van der Waals surface area contributed by atoms with E-state index in [9.17, 15) is 8.42 Å². The van der Waals surface area contributed by atoms with Crippen LogP contribution in [-0.4, -0.2) is 20.5 Å². The zero-order chi connectivity index (χ0) is 18.9. The fourth-order valence-electron chi connectivity index (χ4n) is 2.72. The zero-order valence-electron chi connectivity index (χ0n) is 14.4. The van der Waals surface area contributed by atoms with Gasteiger partial charge in [0.25, 0.3) is 10.0 Å². The predicted octanol–water partition coefficient (Wildman–Crippen LogP) is 4.77. The first-order valence-electron chi connectivity index (χ1n) is 8.17. The van der Waals surface area contributed by atoms with Gasteiger partial charge in [0, 0.05) is 10.9 Å². The molecule has 0 amide bonds. The lowest BCUT2D eigenvalue weighted by Gasteiger charge is -2.06. The molecule has 0 aliphatic rings. The molecule has 4 aromatic rings. The molecule has 0 fully saturated rings. The van der Waals surface area contributed by atoms with Crippen LogP contribution in [0.25, 0.3) is 22.0 Å². The van der Waals surface area contributed by atoms with E-state index in [0.717, 1.165) is 22.1 Å². The fraction of sp³-hybridized carbons (Fsp3) is 0.0500. The van der Waals surface area contributed by atoms with Gasteiger partial charge in [-0.15, -0.1) is 11.3 Å². The van der Waals surface area contributed by atoms with Crippen LogP contribution in [0.15, 0.2) is 77.0 Å². The normalized spacial score (nSPS) is 11.4. The molecule has 136 valence electrons. The maximum absolute atomic E-state index is 12.7. The highest BCUT2D eigenvalue weighted by atomic mass is 32.2. The Morgan fingerprint density at radius 1 is 0.963 bits per heavy atom. The van der Waals surface area contributed by atoms with Crippen LogP contribution >= 0.6 is 11.3 Å². The van der Waals surface area contributed by atoms with E-state index in [0.29, 0.717) is 10.8 Å². The van der Waals surface area contributed by atoms with Gasteiger partial charge >= 0.3 is 0 Å². The van der Waals surface area contributed by atoms with Crippen molar-refractivity contribution in [1.29, 1.82) is 0 Å². The van der Waals surface area contributed by atoms with Crippen molar-refractivity contribution in [2.24, 2.45) is 0 Å². The van der Waals surface area contributed by atoms with Crippen LogP contribution < -0.4 is 9.46 Å². The molecule has 4 rings (SSSR count). The molecular formula is C20H16N2O3S2. The highest BCUT2D eigenvalue weighted by molar-refractivity contribution is 7.93. The van der Waals surface area contributed by atoms with Crippen LogP contribution in [0.4, 0.5) is 5.13 Å². The fourth-order valence-corrected chi connectivity index (χ4v) is 4.73. The van der Waals surface area contributed by atoms with E-state index in [1.54, 1.807) is 25.3 Å². The van der Waals surface area contributed by atoms with Gasteiger partial charge in [0.1, 0.15) is 5.75 Å². The second-order valence-corrected chi connectivity index (χ2v) is 8.42. The van der Waals surface area contributed by atoms with Crippen LogP contribution in [0.5, 0.6) is 5.75 Å². The monoisotopic (exact) mass is 396 g/mol. The number of anilines is 1. The molecule has 0 saturated heterocycles. The maximum Gasteiger partial charge on any atom is 0.263 e. The highest BCUT2D eigenvalue weighted by Crippen LogP contribution is 2.28. The molecule has 1 aromatic heterocycles. The summed E-state index contributed by atoms with van der Waals surface area (Å²) in [4.78, 5) is 4.61. The lowest BCUT2D eigenvalue weighted by Crippen LogP contribution is -2.12. The number of methoxy groups -OCH3 is 1. The summed E-state index contributed by atoms with van der Waals surface area (Å²) in [5.74, 6) is 0.756. The molecule has 1 N–H and O–H groups in total. The zero-order valence-corrected chi connectivity index (χ0v) is 16.0. The summed E-state index contributed by atoms with van der Waals surface area (Å²) < 4.78 is 33.1. The minimum absolute atomic E-state index is 0.211. The van der Waals surface area contributed by atoms with Gasteiger partial charge in [0.15, 0.2) is 5.13 Å². The third-order valence-electron chi connectivity index (χ3n) is 4.14. The molecule has 0 radical (unpaired) electrons. The summed E-state index contributed by atoms with van der Waals surface area (Å²) in [6.07, 6.45) is 0. The molecule has 0 bridgehead atoms. The van der Waals surface area contributed by atoms with E-state index in [1.165, 1.54) is 11.3 Å². The largest absolute Gasteiger partial charge is 0.497 e. The van der Waals surface area contributed by atoms with E-state index in [-0.39, 0.29) is 4.90 Å². The Kier molecular flexibility index (Phi) is 4.55. The van der Waals surface area contributed by atoms with Crippen LogP contribution in [-0.2, 0) is 10.0 Å². The van der Waals surface area contributed by atoms with Gasteiger partial charge in [0.2, 0.25) is 0 Å². The Balaban J connectivity index is 1.59. The molecular weight excluding hydrogens is 380 g/mol. The second kappa shape index (κ2) is 7.02. The van der Waals surface area contributed by atoms with Crippen molar-refractivity contribution in [3.63, 3.8) is 0 Å². The molecule has 0 unspecified atom stereocenters. The topological polar surface area (TPSA) is 68.3 Å². The summed E-state index contributed by atoms with van der Waals surface area (Å²) in [6, 6.07) is 20.2. The first kappa shape index (κ1) is 17.5. The first-order chi connectivity index (χ1) is 13.0. The number of nitrogens with one attached hydrogen (secondary N) is 1. The summed E-state index contributed by atoms with van der Waals surface area (Å²) in [7, 11) is -2.10. The second-order valence-electron chi connectivity index (χ2n) is 5.88. The highest BCUT2D eigenvalue weighted by Gasteiger charge is 2.17. The van der Waals surface area contributed by atoms with E-state index in [1.807, 2.05) is 53.9 Å². The van der Waals surface area contributed by atoms with Gasteiger partial charge in [-0.2, -0.15) is 0 Å². The maximum atomic E-state index is 12.7. The molecule has 0 aliphatic carbocycles. The minimum atomic E-state index is -3.71.